The Kier molecular flexibility index (Phi) is 7.27. The first-order chi connectivity index (χ1) is 10.8. The van der Waals surface area contributed by atoms with Crippen LogP contribution in [-0.4, -0.2) is 48.9 Å². The molecule has 0 radical (unpaired) electrons. The Hall–Kier alpha value is -1.09. The highest BCUT2D eigenvalue weighted by Gasteiger charge is 2.30. The van der Waals surface area contributed by atoms with Crippen molar-refractivity contribution in [2.75, 3.05) is 19.6 Å². The zero-order valence-electron chi connectivity index (χ0n) is 14.4. The van der Waals surface area contributed by atoms with Gasteiger partial charge in [-0.2, -0.15) is 4.31 Å². The minimum absolute atomic E-state index is 0. The lowest BCUT2D eigenvalue weighted by molar-refractivity contribution is 0.0933. The molecule has 1 aromatic heterocycles. The van der Waals surface area contributed by atoms with Crippen LogP contribution in [0.1, 0.15) is 37.2 Å². The highest BCUT2D eigenvalue weighted by molar-refractivity contribution is 7.89. The Bertz CT molecular complexity index is 674. The quantitative estimate of drug-likeness (QED) is 0.796. The first-order valence-electron chi connectivity index (χ1n) is 7.93. The maximum absolute atomic E-state index is 12.8. The maximum Gasteiger partial charge on any atom is 0.268 e. The predicted octanol–water partition coefficient (Wildman–Crippen LogP) is 0.944. The number of halogens is 1. The fourth-order valence-electron chi connectivity index (χ4n) is 2.77. The van der Waals surface area contributed by atoms with Crippen LogP contribution in [0.3, 0.4) is 0 Å². The number of nitrogens with zero attached hydrogens (tertiary/aromatic N) is 2. The van der Waals surface area contributed by atoms with E-state index in [1.54, 1.807) is 18.5 Å². The summed E-state index contributed by atoms with van der Waals surface area (Å²) in [7, 11) is -1.89. The van der Waals surface area contributed by atoms with Crippen LogP contribution in [0.2, 0.25) is 0 Å². The summed E-state index contributed by atoms with van der Waals surface area (Å²) < 4.78 is 28.6. The largest absolute Gasteiger partial charge is 0.347 e. The number of carbonyl (C=O) groups excluding carboxylic acids is 1. The summed E-state index contributed by atoms with van der Waals surface area (Å²) in [6, 6.07) is 1.27. The lowest BCUT2D eigenvalue weighted by Crippen LogP contribution is -2.39. The van der Waals surface area contributed by atoms with Gasteiger partial charge in [0, 0.05) is 38.9 Å². The maximum atomic E-state index is 12.8. The van der Waals surface area contributed by atoms with E-state index in [-0.39, 0.29) is 29.3 Å². The molecule has 24 heavy (non-hydrogen) atoms. The smallest absolute Gasteiger partial charge is 0.268 e. The third kappa shape index (κ3) is 4.50. The molecule has 1 fully saturated rings. The lowest BCUT2D eigenvalue weighted by atomic mass is 10.0. The molecule has 2 heterocycles. The third-order valence-electron chi connectivity index (χ3n) is 4.20. The van der Waals surface area contributed by atoms with Crippen molar-refractivity contribution in [2.45, 2.75) is 37.6 Å². The van der Waals surface area contributed by atoms with E-state index in [1.165, 1.54) is 16.6 Å². The normalized spacial score (nSPS) is 20.2. The minimum Gasteiger partial charge on any atom is -0.347 e. The number of hydrogen-bond acceptors (Lipinski definition) is 4. The zero-order valence-corrected chi connectivity index (χ0v) is 16.0. The molecule has 0 aliphatic carbocycles. The van der Waals surface area contributed by atoms with Crippen molar-refractivity contribution >= 4 is 28.3 Å². The fourth-order valence-corrected chi connectivity index (χ4v) is 4.44. The molecule has 0 saturated carbocycles. The van der Waals surface area contributed by atoms with Gasteiger partial charge in [-0.25, -0.2) is 8.42 Å². The van der Waals surface area contributed by atoms with Crippen molar-refractivity contribution in [2.24, 2.45) is 18.7 Å². The first-order valence-corrected chi connectivity index (χ1v) is 9.37. The molecule has 1 saturated heterocycles. The van der Waals surface area contributed by atoms with Crippen LogP contribution in [0.4, 0.5) is 0 Å². The monoisotopic (exact) mass is 378 g/mol. The van der Waals surface area contributed by atoms with Gasteiger partial charge in [0.2, 0.25) is 10.0 Å². The second-order valence-corrected chi connectivity index (χ2v) is 8.33. The number of amides is 1. The Morgan fingerprint density at radius 3 is 2.75 bits per heavy atom. The van der Waals surface area contributed by atoms with E-state index in [4.69, 9.17) is 5.73 Å². The molecule has 7 nitrogen and oxygen atoms in total. The van der Waals surface area contributed by atoms with Gasteiger partial charge in [-0.15, -0.1) is 12.4 Å². The van der Waals surface area contributed by atoms with Gasteiger partial charge in [0.1, 0.15) is 10.6 Å². The van der Waals surface area contributed by atoms with Gasteiger partial charge in [0.05, 0.1) is 0 Å². The van der Waals surface area contributed by atoms with E-state index in [1.807, 2.05) is 0 Å². The summed E-state index contributed by atoms with van der Waals surface area (Å²) in [6.07, 6.45) is 3.41. The summed E-state index contributed by atoms with van der Waals surface area (Å²) in [5.41, 5.74) is 5.81. The standard InChI is InChI=1S/C15H26N4O3S.ClH/c1-11-5-4-6-19(9-11)23(21,22)13-7-14(18(3)10-13)15(20)17-12(2)8-16;/h7,10-12H,4-6,8-9,16H2,1-3H3,(H,17,20);1H/t11?,12-;/m0./s1. The molecule has 9 heteroatoms. The van der Waals surface area contributed by atoms with E-state index in [0.717, 1.165) is 12.8 Å². The number of nitrogens with one attached hydrogen (secondary N) is 1. The average Bonchev–Trinajstić information content (AvgIpc) is 2.90. The number of carbonyl (C=O) groups is 1. The van der Waals surface area contributed by atoms with Gasteiger partial charge in [-0.3, -0.25) is 4.79 Å². The van der Waals surface area contributed by atoms with Gasteiger partial charge in [0.15, 0.2) is 0 Å². The molecule has 1 aromatic rings. The number of hydrogen-bond donors (Lipinski definition) is 2. The number of rotatable bonds is 5. The van der Waals surface area contributed by atoms with Crippen molar-refractivity contribution in [1.29, 1.82) is 0 Å². The summed E-state index contributed by atoms with van der Waals surface area (Å²) in [6.45, 7) is 5.25. The van der Waals surface area contributed by atoms with Crippen LogP contribution in [0.5, 0.6) is 0 Å². The molecule has 0 aromatic carbocycles. The highest BCUT2D eigenvalue weighted by Crippen LogP contribution is 2.24. The molecular formula is C15H27ClN4O3S. The summed E-state index contributed by atoms with van der Waals surface area (Å²) in [5.74, 6) is 0.0364. The molecule has 2 atom stereocenters. The molecular weight excluding hydrogens is 352 g/mol. The molecule has 2 rings (SSSR count). The molecule has 138 valence electrons. The fraction of sp³-hybridized carbons (Fsp3) is 0.667. The third-order valence-corrected chi connectivity index (χ3v) is 6.03. The number of aryl methyl sites for hydroxylation is 1. The Morgan fingerprint density at radius 2 is 2.17 bits per heavy atom. The van der Waals surface area contributed by atoms with Crippen molar-refractivity contribution < 1.29 is 13.2 Å². The van der Waals surface area contributed by atoms with Gasteiger partial charge >= 0.3 is 0 Å². The molecule has 1 aliphatic heterocycles. The van der Waals surface area contributed by atoms with Crippen LogP contribution in [0.15, 0.2) is 17.2 Å². The second-order valence-electron chi connectivity index (χ2n) is 6.39. The molecule has 0 spiro atoms. The van der Waals surface area contributed by atoms with Crippen LogP contribution >= 0.6 is 12.4 Å². The van der Waals surface area contributed by atoms with E-state index >= 15 is 0 Å². The van der Waals surface area contributed by atoms with E-state index in [0.29, 0.717) is 31.2 Å². The molecule has 1 amide bonds. The predicted molar refractivity (Wildman–Crippen MR) is 95.8 cm³/mol. The summed E-state index contributed by atoms with van der Waals surface area (Å²) in [4.78, 5) is 12.4. The summed E-state index contributed by atoms with van der Waals surface area (Å²) in [5, 5.41) is 2.74. The number of sulfonamides is 1. The van der Waals surface area contributed by atoms with Crippen molar-refractivity contribution in [3.63, 3.8) is 0 Å². The number of nitrogens with two attached hydrogens (primary N) is 1. The Morgan fingerprint density at radius 1 is 1.50 bits per heavy atom. The van der Waals surface area contributed by atoms with E-state index in [2.05, 4.69) is 12.2 Å². The topological polar surface area (TPSA) is 97.4 Å². The van der Waals surface area contributed by atoms with Gasteiger partial charge in [-0.1, -0.05) is 6.92 Å². The molecule has 1 aliphatic rings. The van der Waals surface area contributed by atoms with Gasteiger partial charge < -0.3 is 15.6 Å². The molecule has 1 unspecified atom stereocenters. The Labute approximate surface area is 150 Å². The number of aromatic nitrogens is 1. The van der Waals surface area contributed by atoms with E-state index < -0.39 is 10.0 Å². The van der Waals surface area contributed by atoms with Crippen molar-refractivity contribution in [1.82, 2.24) is 14.2 Å². The second kappa shape index (κ2) is 8.33. The minimum atomic E-state index is -3.56. The lowest BCUT2D eigenvalue weighted by Gasteiger charge is -2.29. The highest BCUT2D eigenvalue weighted by atomic mass is 35.5. The van der Waals surface area contributed by atoms with Crippen LogP contribution in [0.25, 0.3) is 0 Å². The average molecular weight is 379 g/mol. The summed E-state index contributed by atoms with van der Waals surface area (Å²) >= 11 is 0. The molecule has 0 bridgehead atoms. The van der Waals surface area contributed by atoms with Crippen LogP contribution < -0.4 is 11.1 Å². The van der Waals surface area contributed by atoms with Crippen LogP contribution in [0, 0.1) is 5.92 Å². The van der Waals surface area contributed by atoms with E-state index in [9.17, 15) is 13.2 Å². The first kappa shape index (κ1) is 21.0. The number of piperidine rings is 1. The van der Waals surface area contributed by atoms with Crippen molar-refractivity contribution in [3.8, 4) is 0 Å². The SMILES string of the molecule is CC1CCCN(S(=O)(=O)c2cc(C(=O)N[C@@H](C)CN)n(C)c2)C1.Cl. The molecule has 3 N–H and O–H groups in total. The van der Waals surface area contributed by atoms with Gasteiger partial charge in [0.25, 0.3) is 5.91 Å². The Balaban J connectivity index is 0.00000288. The van der Waals surface area contributed by atoms with Crippen molar-refractivity contribution in [3.05, 3.63) is 18.0 Å². The zero-order chi connectivity index (χ0) is 17.2. The van der Waals surface area contributed by atoms with Gasteiger partial charge in [-0.05, 0) is 31.7 Å². The van der Waals surface area contributed by atoms with Crippen LogP contribution in [-0.2, 0) is 17.1 Å².